The zero-order chi connectivity index (χ0) is 32.8. The van der Waals surface area contributed by atoms with Crippen molar-refractivity contribution in [3.8, 4) is 23.5 Å². The van der Waals surface area contributed by atoms with Crippen molar-refractivity contribution in [3.63, 3.8) is 0 Å². The summed E-state index contributed by atoms with van der Waals surface area (Å²) in [6, 6.07) is 53.7. The fourth-order valence-electron chi connectivity index (χ4n) is 6.99. The van der Waals surface area contributed by atoms with E-state index in [0.29, 0.717) is 11.1 Å². The summed E-state index contributed by atoms with van der Waals surface area (Å²) in [7, 11) is -2.15. The predicted molar refractivity (Wildman–Crippen MR) is 197 cm³/mol. The van der Waals surface area contributed by atoms with Crippen LogP contribution in [0.2, 0.25) is 13.1 Å². The highest BCUT2D eigenvalue weighted by Gasteiger charge is 2.42. The van der Waals surface area contributed by atoms with E-state index in [4.69, 9.17) is 4.42 Å². The number of para-hydroxylation sites is 2. The largest absolute Gasteiger partial charge is 0.456 e. The van der Waals surface area contributed by atoms with Gasteiger partial charge >= 0.3 is 0 Å². The number of anilines is 6. The van der Waals surface area contributed by atoms with Gasteiger partial charge in [-0.15, -0.1) is 0 Å². The molecule has 5 nitrogen and oxygen atoms in total. The van der Waals surface area contributed by atoms with Gasteiger partial charge in [-0.1, -0.05) is 55.6 Å². The number of benzene rings is 6. The number of rotatable bonds is 6. The predicted octanol–water partition coefficient (Wildman–Crippen LogP) is 9.92. The molecular formula is C42H30N4OSi. The molecule has 0 saturated heterocycles. The first-order chi connectivity index (χ1) is 23.5. The van der Waals surface area contributed by atoms with Crippen LogP contribution < -0.4 is 20.2 Å². The molecule has 0 bridgehead atoms. The van der Waals surface area contributed by atoms with Crippen LogP contribution in [0.1, 0.15) is 11.1 Å². The van der Waals surface area contributed by atoms with E-state index in [-0.39, 0.29) is 0 Å². The molecular weight excluding hydrogens is 605 g/mol. The van der Waals surface area contributed by atoms with E-state index >= 15 is 0 Å². The number of nitrogens with zero attached hydrogens (tertiary/aromatic N) is 4. The summed E-state index contributed by atoms with van der Waals surface area (Å²) >= 11 is 0. The standard InChI is InChI=1S/C42H30N4OSi/c1-48(2)40-24-22-36(46(32-11-7-4-8-12-32)34-19-15-30(28-44)16-20-34)26-38(40)41-42(48)37-25-35(21-23-39(37)47-41)45(31-9-5-3-6-10-31)33-17-13-29(27-43)14-18-33/h3-26H,1-2H3. The van der Waals surface area contributed by atoms with Crippen LogP contribution in [-0.2, 0) is 0 Å². The van der Waals surface area contributed by atoms with Gasteiger partial charge in [-0.2, -0.15) is 10.5 Å². The number of nitriles is 2. The van der Waals surface area contributed by atoms with Gasteiger partial charge in [0.15, 0.2) is 0 Å². The van der Waals surface area contributed by atoms with Crippen LogP contribution in [0.4, 0.5) is 34.1 Å². The van der Waals surface area contributed by atoms with Crippen LogP contribution in [0.3, 0.4) is 0 Å². The highest BCUT2D eigenvalue weighted by Crippen LogP contribution is 2.42. The van der Waals surface area contributed by atoms with Crippen LogP contribution in [-0.4, -0.2) is 8.07 Å². The van der Waals surface area contributed by atoms with E-state index in [0.717, 1.165) is 56.4 Å². The fourth-order valence-corrected chi connectivity index (χ4v) is 10.2. The summed E-state index contributed by atoms with van der Waals surface area (Å²) < 4.78 is 6.75. The lowest BCUT2D eigenvalue weighted by Crippen LogP contribution is -2.49. The average molecular weight is 635 g/mol. The molecule has 1 aliphatic heterocycles. The molecule has 8 rings (SSSR count). The average Bonchev–Trinajstić information content (AvgIpc) is 3.62. The van der Waals surface area contributed by atoms with Crippen LogP contribution in [0.5, 0.6) is 0 Å². The molecule has 0 aliphatic carbocycles. The normalized spacial score (nSPS) is 12.5. The van der Waals surface area contributed by atoms with E-state index in [1.807, 2.05) is 84.9 Å². The molecule has 0 fully saturated rings. The summed E-state index contributed by atoms with van der Waals surface area (Å²) in [5, 5.41) is 22.6. The van der Waals surface area contributed by atoms with E-state index < -0.39 is 8.07 Å². The smallest absolute Gasteiger partial charge is 0.135 e. The second-order valence-electron chi connectivity index (χ2n) is 12.5. The van der Waals surface area contributed by atoms with Crippen LogP contribution in [0, 0.1) is 22.7 Å². The van der Waals surface area contributed by atoms with Crippen molar-refractivity contribution in [3.05, 3.63) is 157 Å². The third-order valence-electron chi connectivity index (χ3n) is 9.27. The van der Waals surface area contributed by atoms with E-state index in [1.54, 1.807) is 0 Å². The summed E-state index contributed by atoms with van der Waals surface area (Å²) in [5.41, 5.74) is 9.36. The van der Waals surface area contributed by atoms with Gasteiger partial charge in [0.05, 0.1) is 23.3 Å². The molecule has 0 spiro atoms. The van der Waals surface area contributed by atoms with Gasteiger partial charge in [0.1, 0.15) is 19.4 Å². The Kier molecular flexibility index (Phi) is 6.95. The van der Waals surface area contributed by atoms with Gasteiger partial charge in [-0.25, -0.2) is 0 Å². The minimum absolute atomic E-state index is 0.629. The third-order valence-corrected chi connectivity index (χ3v) is 12.8. The van der Waals surface area contributed by atoms with Crippen molar-refractivity contribution in [2.24, 2.45) is 0 Å². The minimum atomic E-state index is -2.15. The van der Waals surface area contributed by atoms with Crippen molar-refractivity contribution in [2.75, 3.05) is 9.80 Å². The van der Waals surface area contributed by atoms with Gasteiger partial charge in [-0.05, 0) is 114 Å². The minimum Gasteiger partial charge on any atom is -0.456 e. The fraction of sp³-hybridized carbons (Fsp3) is 0.0476. The van der Waals surface area contributed by atoms with Crippen molar-refractivity contribution in [2.45, 2.75) is 13.1 Å². The van der Waals surface area contributed by atoms with Crippen molar-refractivity contribution < 1.29 is 4.42 Å². The molecule has 228 valence electrons. The molecule has 0 saturated carbocycles. The van der Waals surface area contributed by atoms with Crippen molar-refractivity contribution in [1.29, 1.82) is 10.5 Å². The van der Waals surface area contributed by atoms with Crippen LogP contribution in [0.15, 0.2) is 150 Å². The monoisotopic (exact) mass is 634 g/mol. The summed E-state index contributed by atoms with van der Waals surface area (Å²) in [4.78, 5) is 4.45. The number of hydrogen-bond acceptors (Lipinski definition) is 5. The summed E-state index contributed by atoms with van der Waals surface area (Å²) in [6.07, 6.45) is 0. The first-order valence-electron chi connectivity index (χ1n) is 15.9. The second kappa shape index (κ2) is 11.5. The highest BCUT2D eigenvalue weighted by atomic mass is 28.3. The van der Waals surface area contributed by atoms with Crippen molar-refractivity contribution in [1.82, 2.24) is 0 Å². The lowest BCUT2D eigenvalue weighted by molar-refractivity contribution is 0.635. The van der Waals surface area contributed by atoms with E-state index in [1.165, 1.54) is 10.4 Å². The lowest BCUT2D eigenvalue weighted by Gasteiger charge is -2.27. The zero-order valence-corrected chi connectivity index (χ0v) is 27.6. The molecule has 1 aliphatic rings. The number of furan rings is 1. The highest BCUT2D eigenvalue weighted by molar-refractivity contribution is 7.05. The molecule has 48 heavy (non-hydrogen) atoms. The van der Waals surface area contributed by atoms with Crippen LogP contribution >= 0.6 is 0 Å². The molecule has 0 atom stereocenters. The zero-order valence-electron chi connectivity index (χ0n) is 26.6. The summed E-state index contributed by atoms with van der Waals surface area (Å²) in [5.74, 6) is 0.952. The molecule has 0 N–H and O–H groups in total. The maximum atomic E-state index is 9.41. The topological polar surface area (TPSA) is 67.2 Å². The Morgan fingerprint density at radius 1 is 0.521 bits per heavy atom. The Morgan fingerprint density at radius 3 is 1.50 bits per heavy atom. The maximum Gasteiger partial charge on any atom is 0.135 e. The number of fused-ring (bicyclic) bond motifs is 5. The Hall–Kier alpha value is -6.34. The Morgan fingerprint density at radius 2 is 0.979 bits per heavy atom. The molecule has 6 heteroatoms. The lowest BCUT2D eigenvalue weighted by atomic mass is 10.1. The number of hydrogen-bond donors (Lipinski definition) is 0. The third kappa shape index (κ3) is 4.75. The van der Waals surface area contributed by atoms with Crippen molar-refractivity contribution >= 4 is 63.5 Å². The van der Waals surface area contributed by atoms with Gasteiger partial charge in [0.2, 0.25) is 0 Å². The van der Waals surface area contributed by atoms with Gasteiger partial charge in [0, 0.05) is 45.1 Å². The van der Waals surface area contributed by atoms with E-state index in [2.05, 4.69) is 95.7 Å². The SMILES string of the molecule is C[Si]1(C)c2ccc(N(c3ccccc3)c3ccc(C#N)cc3)cc2-c2oc3ccc(N(c4ccccc4)c4ccc(C#N)cc4)cc3c21. The molecule has 0 unspecified atom stereocenters. The van der Waals surface area contributed by atoms with Gasteiger partial charge in [0.25, 0.3) is 0 Å². The van der Waals surface area contributed by atoms with Crippen LogP contribution in [0.25, 0.3) is 22.3 Å². The molecule has 7 aromatic rings. The quantitative estimate of drug-likeness (QED) is 0.170. The second-order valence-corrected chi connectivity index (χ2v) is 16.8. The van der Waals surface area contributed by atoms with Gasteiger partial charge in [-0.3, -0.25) is 0 Å². The molecule has 6 aromatic carbocycles. The van der Waals surface area contributed by atoms with E-state index in [9.17, 15) is 10.5 Å². The Labute approximate surface area is 280 Å². The molecule has 1 aromatic heterocycles. The van der Waals surface area contributed by atoms with Gasteiger partial charge < -0.3 is 14.2 Å². The Bertz CT molecular complexity index is 2380. The molecule has 0 radical (unpaired) electrons. The Balaban J connectivity index is 1.27. The first kappa shape index (κ1) is 29.1. The maximum absolute atomic E-state index is 9.41. The molecule has 0 amide bonds. The first-order valence-corrected chi connectivity index (χ1v) is 18.9. The molecule has 2 heterocycles. The summed E-state index contributed by atoms with van der Waals surface area (Å²) in [6.45, 7) is 4.81.